The molecule has 1 aliphatic heterocycles. The van der Waals surface area contributed by atoms with Gasteiger partial charge in [-0.1, -0.05) is 42.5 Å². The molecule has 0 unspecified atom stereocenters. The number of amides is 1. The zero-order valence-corrected chi connectivity index (χ0v) is 15.4. The molecule has 1 aromatic heterocycles. The number of nitrogens with one attached hydrogen (secondary N) is 1. The summed E-state index contributed by atoms with van der Waals surface area (Å²) in [7, 11) is 0. The summed E-state index contributed by atoms with van der Waals surface area (Å²) in [6.07, 6.45) is 0. The molecule has 7 nitrogen and oxygen atoms in total. The Morgan fingerprint density at radius 2 is 1.75 bits per heavy atom. The van der Waals surface area contributed by atoms with Crippen molar-refractivity contribution in [3.63, 3.8) is 0 Å². The fourth-order valence-electron chi connectivity index (χ4n) is 3.97. The number of hydrogen-bond acceptors (Lipinski definition) is 4. The third kappa shape index (κ3) is 3.25. The van der Waals surface area contributed by atoms with Gasteiger partial charge in [0.25, 0.3) is 5.56 Å². The van der Waals surface area contributed by atoms with Gasteiger partial charge >= 0.3 is 5.69 Å². The molecule has 2 heterocycles. The molecule has 3 N–H and O–H groups in total. The number of nitrogens with zero attached hydrogens (tertiary/aromatic N) is 2. The molecule has 1 fully saturated rings. The van der Waals surface area contributed by atoms with Gasteiger partial charge in [-0.2, -0.15) is 0 Å². The number of benzene rings is 2. The van der Waals surface area contributed by atoms with Crippen molar-refractivity contribution >= 4 is 16.8 Å². The molecule has 7 heteroatoms. The van der Waals surface area contributed by atoms with Crippen molar-refractivity contribution in [2.75, 3.05) is 19.6 Å². The summed E-state index contributed by atoms with van der Waals surface area (Å²) in [6.45, 7) is 1.25. The minimum absolute atomic E-state index is 0.151. The van der Waals surface area contributed by atoms with E-state index >= 15 is 0 Å². The number of carbonyl (C=O) groups excluding carboxylic acids is 1. The number of nitrogens with two attached hydrogens (primary N) is 1. The number of aromatic amines is 1. The lowest BCUT2D eigenvalue weighted by Crippen LogP contribution is -2.41. The Bertz CT molecular complexity index is 1120. The van der Waals surface area contributed by atoms with Crippen LogP contribution in [0.15, 0.2) is 64.2 Å². The van der Waals surface area contributed by atoms with Gasteiger partial charge in [-0.3, -0.25) is 14.2 Å². The SMILES string of the molecule is NC[C@@H]1CN(C(=O)Cn2c(=O)[nH]c3ccccc3c2=O)C[C@H]1c1ccccc1. The van der Waals surface area contributed by atoms with Gasteiger partial charge in [0.1, 0.15) is 6.54 Å². The van der Waals surface area contributed by atoms with E-state index in [1.807, 2.05) is 30.3 Å². The fraction of sp³-hybridized carbons (Fsp3) is 0.286. The fourth-order valence-corrected chi connectivity index (χ4v) is 3.97. The molecule has 1 saturated heterocycles. The first-order valence-electron chi connectivity index (χ1n) is 9.33. The molecule has 0 bridgehead atoms. The van der Waals surface area contributed by atoms with Gasteiger partial charge in [-0.25, -0.2) is 4.79 Å². The second-order valence-electron chi connectivity index (χ2n) is 7.18. The third-order valence-electron chi connectivity index (χ3n) is 5.51. The Morgan fingerprint density at radius 1 is 1.04 bits per heavy atom. The van der Waals surface area contributed by atoms with Crippen LogP contribution in [0.25, 0.3) is 10.9 Å². The first kappa shape index (κ1) is 18.2. The van der Waals surface area contributed by atoms with Crippen molar-refractivity contribution in [3.05, 3.63) is 81.0 Å². The van der Waals surface area contributed by atoms with E-state index in [0.717, 1.165) is 10.1 Å². The Balaban J connectivity index is 1.59. The van der Waals surface area contributed by atoms with E-state index in [4.69, 9.17) is 5.73 Å². The van der Waals surface area contributed by atoms with Gasteiger partial charge in [0, 0.05) is 19.0 Å². The zero-order valence-electron chi connectivity index (χ0n) is 15.4. The molecule has 144 valence electrons. The van der Waals surface area contributed by atoms with E-state index in [1.165, 1.54) is 0 Å². The highest BCUT2D eigenvalue weighted by atomic mass is 16.2. The number of aromatic nitrogens is 2. The lowest BCUT2D eigenvalue weighted by Gasteiger charge is -2.17. The first-order chi connectivity index (χ1) is 13.6. The topological polar surface area (TPSA) is 101 Å². The van der Waals surface area contributed by atoms with Crippen molar-refractivity contribution in [2.45, 2.75) is 12.5 Å². The van der Waals surface area contributed by atoms with Crippen molar-refractivity contribution in [1.29, 1.82) is 0 Å². The molecular formula is C21H22N4O3. The lowest BCUT2D eigenvalue weighted by atomic mass is 9.89. The first-order valence-corrected chi connectivity index (χ1v) is 9.33. The molecule has 2 aromatic carbocycles. The van der Waals surface area contributed by atoms with Crippen molar-refractivity contribution in [3.8, 4) is 0 Å². The van der Waals surface area contributed by atoms with Crippen LogP contribution in [-0.2, 0) is 11.3 Å². The predicted molar refractivity (Wildman–Crippen MR) is 107 cm³/mol. The lowest BCUT2D eigenvalue weighted by molar-refractivity contribution is -0.131. The average molecular weight is 378 g/mol. The van der Waals surface area contributed by atoms with Gasteiger partial charge in [-0.05, 0) is 30.2 Å². The van der Waals surface area contributed by atoms with Crippen molar-refractivity contribution in [1.82, 2.24) is 14.5 Å². The highest BCUT2D eigenvalue weighted by molar-refractivity contribution is 5.79. The number of para-hydroxylation sites is 1. The molecule has 0 spiro atoms. The van der Waals surface area contributed by atoms with E-state index < -0.39 is 11.2 Å². The van der Waals surface area contributed by atoms with Crippen LogP contribution < -0.4 is 17.0 Å². The van der Waals surface area contributed by atoms with Gasteiger partial charge in [0.05, 0.1) is 10.9 Å². The van der Waals surface area contributed by atoms with Crippen molar-refractivity contribution < 1.29 is 4.79 Å². The second kappa shape index (κ2) is 7.44. The van der Waals surface area contributed by atoms with E-state index in [-0.39, 0.29) is 24.3 Å². The largest absolute Gasteiger partial charge is 0.340 e. The summed E-state index contributed by atoms with van der Waals surface area (Å²) in [5.74, 6) is 0.0551. The van der Waals surface area contributed by atoms with Crippen LogP contribution in [-0.4, -0.2) is 40.0 Å². The summed E-state index contributed by atoms with van der Waals surface area (Å²) in [6, 6.07) is 16.8. The van der Waals surface area contributed by atoms with E-state index in [1.54, 1.807) is 29.2 Å². The summed E-state index contributed by atoms with van der Waals surface area (Å²) in [5.41, 5.74) is 6.52. The number of carbonyl (C=O) groups is 1. The van der Waals surface area contributed by atoms with Gasteiger partial charge in [-0.15, -0.1) is 0 Å². The van der Waals surface area contributed by atoms with Crippen LogP contribution in [0.4, 0.5) is 0 Å². The third-order valence-corrected chi connectivity index (χ3v) is 5.51. The van der Waals surface area contributed by atoms with Crippen molar-refractivity contribution in [2.24, 2.45) is 11.7 Å². The number of H-pyrrole nitrogens is 1. The molecular weight excluding hydrogens is 356 g/mol. The summed E-state index contributed by atoms with van der Waals surface area (Å²) >= 11 is 0. The minimum Gasteiger partial charge on any atom is -0.340 e. The van der Waals surface area contributed by atoms with Gasteiger partial charge in [0.15, 0.2) is 0 Å². The second-order valence-corrected chi connectivity index (χ2v) is 7.18. The Labute approximate surface area is 161 Å². The maximum atomic E-state index is 12.9. The molecule has 0 aliphatic carbocycles. The predicted octanol–water partition coefficient (Wildman–Crippen LogP) is 0.891. The monoisotopic (exact) mass is 378 g/mol. The Hall–Kier alpha value is -3.19. The number of likely N-dealkylation sites (tertiary alicyclic amines) is 1. The van der Waals surface area contributed by atoms with Crippen LogP contribution in [0.3, 0.4) is 0 Å². The quantitative estimate of drug-likeness (QED) is 0.704. The molecule has 2 atom stereocenters. The maximum absolute atomic E-state index is 12.9. The minimum atomic E-state index is -0.578. The van der Waals surface area contributed by atoms with Gasteiger partial charge in [0.2, 0.25) is 5.91 Å². The van der Waals surface area contributed by atoms with E-state index in [2.05, 4.69) is 4.98 Å². The normalized spacial score (nSPS) is 19.2. The molecule has 0 saturated carbocycles. The van der Waals surface area contributed by atoms with Crippen LogP contribution in [0.5, 0.6) is 0 Å². The zero-order chi connectivity index (χ0) is 19.7. The van der Waals surface area contributed by atoms with Crippen LogP contribution in [0.1, 0.15) is 11.5 Å². The Morgan fingerprint density at radius 3 is 2.50 bits per heavy atom. The summed E-state index contributed by atoms with van der Waals surface area (Å²) in [5, 5.41) is 0.387. The smallest absolute Gasteiger partial charge is 0.329 e. The molecule has 1 aliphatic rings. The van der Waals surface area contributed by atoms with Gasteiger partial charge < -0.3 is 15.6 Å². The van der Waals surface area contributed by atoms with Crippen LogP contribution in [0.2, 0.25) is 0 Å². The summed E-state index contributed by atoms with van der Waals surface area (Å²) < 4.78 is 0.970. The number of rotatable bonds is 4. The van der Waals surface area contributed by atoms with Crippen LogP contribution >= 0.6 is 0 Å². The Kier molecular flexibility index (Phi) is 4.83. The standard InChI is InChI=1S/C21H22N4O3/c22-10-15-11-24(12-17(15)14-6-2-1-3-7-14)19(26)13-25-20(27)16-8-4-5-9-18(16)23-21(25)28/h1-9,15,17H,10-13,22H2,(H,23,28)/t15-,17+/m1/s1. The number of fused-ring (bicyclic) bond motifs is 1. The summed E-state index contributed by atoms with van der Waals surface area (Å²) in [4.78, 5) is 42.2. The van der Waals surface area contributed by atoms with Crippen LogP contribution in [0, 0.1) is 5.92 Å². The molecule has 1 amide bonds. The van der Waals surface area contributed by atoms with E-state index in [0.29, 0.717) is 30.5 Å². The maximum Gasteiger partial charge on any atom is 0.329 e. The van der Waals surface area contributed by atoms with E-state index in [9.17, 15) is 14.4 Å². The number of hydrogen-bond donors (Lipinski definition) is 2. The molecule has 4 rings (SSSR count). The highest BCUT2D eigenvalue weighted by Gasteiger charge is 2.35. The molecule has 0 radical (unpaired) electrons. The average Bonchev–Trinajstić information content (AvgIpc) is 3.16. The highest BCUT2D eigenvalue weighted by Crippen LogP contribution is 2.32. The molecule has 28 heavy (non-hydrogen) atoms. The molecule has 3 aromatic rings.